The predicted octanol–water partition coefficient (Wildman–Crippen LogP) is 1.88. The summed E-state index contributed by atoms with van der Waals surface area (Å²) >= 11 is 0. The average molecular weight is 397 g/mol. The number of carbonyl (C=O) groups excluding carboxylic acids is 2. The van der Waals surface area contributed by atoms with Crippen LogP contribution in [-0.4, -0.2) is 43.8 Å². The summed E-state index contributed by atoms with van der Waals surface area (Å²) in [4.78, 5) is 23.7. The Hall–Kier alpha value is -2.13. The van der Waals surface area contributed by atoms with Crippen molar-refractivity contribution in [3.63, 3.8) is 0 Å². The largest absolute Gasteiger partial charge is 0.352 e. The van der Waals surface area contributed by atoms with E-state index in [1.807, 2.05) is 13.8 Å². The van der Waals surface area contributed by atoms with Crippen LogP contribution in [-0.2, 0) is 14.8 Å². The highest BCUT2D eigenvalue weighted by Crippen LogP contribution is 2.22. The van der Waals surface area contributed by atoms with E-state index in [0.717, 1.165) is 19.3 Å². The number of sulfonamides is 1. The van der Waals surface area contributed by atoms with Crippen LogP contribution in [0.1, 0.15) is 39.5 Å². The predicted molar refractivity (Wildman–Crippen MR) is 104 cm³/mol. The third-order valence-electron chi connectivity index (χ3n) is 4.41. The zero-order chi connectivity index (χ0) is 20.0. The molecular formula is C18H28N4O4S. The molecule has 1 atom stereocenters. The van der Waals surface area contributed by atoms with Gasteiger partial charge in [-0.1, -0.05) is 20.3 Å². The highest BCUT2D eigenvalue weighted by atomic mass is 32.2. The summed E-state index contributed by atoms with van der Waals surface area (Å²) in [5.41, 5.74) is 5.59. The van der Waals surface area contributed by atoms with Gasteiger partial charge in [-0.25, -0.2) is 13.2 Å². The van der Waals surface area contributed by atoms with Crippen LogP contribution in [0.15, 0.2) is 29.2 Å². The molecule has 150 valence electrons. The second-order valence-electron chi connectivity index (χ2n) is 7.17. The molecule has 0 unspecified atom stereocenters. The maximum absolute atomic E-state index is 12.6. The summed E-state index contributed by atoms with van der Waals surface area (Å²) < 4.78 is 26.8. The monoisotopic (exact) mass is 396 g/mol. The number of nitrogens with two attached hydrogens (primary N) is 1. The minimum atomic E-state index is -3.51. The molecule has 1 aliphatic rings. The molecule has 0 spiro atoms. The molecule has 1 saturated heterocycles. The number of benzene rings is 1. The van der Waals surface area contributed by atoms with Crippen LogP contribution in [0.4, 0.5) is 10.5 Å². The van der Waals surface area contributed by atoms with Crippen LogP contribution >= 0.6 is 0 Å². The second kappa shape index (κ2) is 9.18. The Labute approximate surface area is 160 Å². The molecule has 1 aromatic rings. The third kappa shape index (κ3) is 5.93. The van der Waals surface area contributed by atoms with Crippen molar-refractivity contribution in [1.29, 1.82) is 0 Å². The lowest BCUT2D eigenvalue weighted by molar-refractivity contribution is -0.118. The summed E-state index contributed by atoms with van der Waals surface area (Å²) in [5, 5.41) is 5.13. The number of piperidine rings is 1. The Bertz CT molecular complexity index is 756. The van der Waals surface area contributed by atoms with E-state index in [2.05, 4.69) is 10.6 Å². The molecule has 8 nitrogen and oxygen atoms in total. The standard InChI is InChI=1S/C18H28N4O4S/c1-13(2)12-16(21-18(19)24)17(23)20-14-6-8-15(9-7-14)27(25,26)22-10-4-3-5-11-22/h6-9,13,16H,3-5,10-12H2,1-2H3,(H,20,23)(H3,19,21,24)/t16-/m1/s1. The molecule has 27 heavy (non-hydrogen) atoms. The number of primary amides is 1. The van der Waals surface area contributed by atoms with Gasteiger partial charge in [0.05, 0.1) is 4.90 Å². The van der Waals surface area contributed by atoms with Crippen molar-refractivity contribution >= 4 is 27.6 Å². The fourth-order valence-corrected chi connectivity index (χ4v) is 4.59. The van der Waals surface area contributed by atoms with Crippen molar-refractivity contribution in [2.75, 3.05) is 18.4 Å². The maximum atomic E-state index is 12.6. The number of urea groups is 1. The van der Waals surface area contributed by atoms with E-state index in [0.29, 0.717) is 25.2 Å². The van der Waals surface area contributed by atoms with E-state index in [-0.39, 0.29) is 10.8 Å². The van der Waals surface area contributed by atoms with Crippen molar-refractivity contribution in [1.82, 2.24) is 9.62 Å². The molecule has 0 aromatic heterocycles. The summed E-state index contributed by atoms with van der Waals surface area (Å²) in [6.07, 6.45) is 3.24. The molecule has 1 fully saturated rings. The van der Waals surface area contributed by atoms with E-state index < -0.39 is 28.0 Å². The molecule has 4 N–H and O–H groups in total. The minimum absolute atomic E-state index is 0.185. The van der Waals surface area contributed by atoms with Gasteiger partial charge in [0.15, 0.2) is 0 Å². The van der Waals surface area contributed by atoms with E-state index in [1.54, 1.807) is 12.1 Å². The topological polar surface area (TPSA) is 122 Å². The number of amides is 3. The molecule has 1 aliphatic heterocycles. The molecule has 3 amide bonds. The number of carbonyl (C=O) groups is 2. The lowest BCUT2D eigenvalue weighted by Gasteiger charge is -2.26. The smallest absolute Gasteiger partial charge is 0.312 e. The highest BCUT2D eigenvalue weighted by Gasteiger charge is 2.26. The van der Waals surface area contributed by atoms with Crippen LogP contribution in [0, 0.1) is 5.92 Å². The van der Waals surface area contributed by atoms with Crippen molar-refractivity contribution in [2.24, 2.45) is 11.7 Å². The van der Waals surface area contributed by atoms with Crippen molar-refractivity contribution in [2.45, 2.75) is 50.5 Å². The summed E-state index contributed by atoms with van der Waals surface area (Å²) in [6.45, 7) is 4.94. The fourth-order valence-electron chi connectivity index (χ4n) is 3.07. The first-order valence-corrected chi connectivity index (χ1v) is 10.6. The maximum Gasteiger partial charge on any atom is 0.312 e. The fraction of sp³-hybridized carbons (Fsp3) is 0.556. The molecule has 1 heterocycles. The number of hydrogen-bond donors (Lipinski definition) is 3. The Kier molecular flexibility index (Phi) is 7.20. The van der Waals surface area contributed by atoms with Gasteiger partial charge in [0, 0.05) is 18.8 Å². The summed E-state index contributed by atoms with van der Waals surface area (Å²) in [7, 11) is -3.51. The quantitative estimate of drug-likeness (QED) is 0.651. The Balaban J connectivity index is 2.07. The number of hydrogen-bond acceptors (Lipinski definition) is 4. The second-order valence-corrected chi connectivity index (χ2v) is 9.11. The van der Waals surface area contributed by atoms with Crippen LogP contribution < -0.4 is 16.4 Å². The third-order valence-corrected chi connectivity index (χ3v) is 6.33. The molecule has 0 radical (unpaired) electrons. The van der Waals surface area contributed by atoms with Gasteiger partial charge >= 0.3 is 6.03 Å². The van der Waals surface area contributed by atoms with Crippen molar-refractivity contribution < 1.29 is 18.0 Å². The van der Waals surface area contributed by atoms with Gasteiger partial charge in [-0.15, -0.1) is 0 Å². The van der Waals surface area contributed by atoms with Crippen LogP contribution in [0.3, 0.4) is 0 Å². The van der Waals surface area contributed by atoms with Gasteiger partial charge in [0.2, 0.25) is 15.9 Å². The van der Waals surface area contributed by atoms with Gasteiger partial charge in [-0.2, -0.15) is 4.31 Å². The summed E-state index contributed by atoms with van der Waals surface area (Å²) in [5.74, 6) is -0.209. The number of nitrogens with zero attached hydrogens (tertiary/aromatic N) is 1. The first kappa shape index (κ1) is 21.2. The number of nitrogens with one attached hydrogen (secondary N) is 2. The van der Waals surface area contributed by atoms with Gasteiger partial charge < -0.3 is 16.4 Å². The lowest BCUT2D eigenvalue weighted by Crippen LogP contribution is -2.46. The van der Waals surface area contributed by atoms with E-state index in [4.69, 9.17) is 5.73 Å². The molecule has 1 aromatic carbocycles. The zero-order valence-electron chi connectivity index (χ0n) is 15.8. The zero-order valence-corrected chi connectivity index (χ0v) is 16.6. The van der Waals surface area contributed by atoms with Crippen LogP contribution in [0.25, 0.3) is 0 Å². The first-order chi connectivity index (χ1) is 12.7. The Morgan fingerprint density at radius 3 is 2.22 bits per heavy atom. The molecule has 0 saturated carbocycles. The van der Waals surface area contributed by atoms with Gasteiger partial charge in [0.25, 0.3) is 0 Å². The average Bonchev–Trinajstić information content (AvgIpc) is 2.61. The van der Waals surface area contributed by atoms with Crippen LogP contribution in [0.5, 0.6) is 0 Å². The van der Waals surface area contributed by atoms with Crippen molar-refractivity contribution in [3.8, 4) is 0 Å². The number of anilines is 1. The summed E-state index contributed by atoms with van der Waals surface area (Å²) in [6, 6.07) is 4.55. The first-order valence-electron chi connectivity index (χ1n) is 9.17. The van der Waals surface area contributed by atoms with E-state index >= 15 is 0 Å². The normalized spacial score (nSPS) is 16.7. The molecule has 2 rings (SSSR count). The van der Waals surface area contributed by atoms with E-state index in [1.165, 1.54) is 16.4 Å². The number of rotatable bonds is 7. The molecular weight excluding hydrogens is 368 g/mol. The SMILES string of the molecule is CC(C)C[C@@H](NC(N)=O)C(=O)Nc1ccc(S(=O)(=O)N2CCCCC2)cc1. The van der Waals surface area contributed by atoms with Gasteiger partial charge in [0.1, 0.15) is 6.04 Å². The van der Waals surface area contributed by atoms with E-state index in [9.17, 15) is 18.0 Å². The Morgan fingerprint density at radius 1 is 1.11 bits per heavy atom. The van der Waals surface area contributed by atoms with Gasteiger partial charge in [-0.3, -0.25) is 4.79 Å². The molecule has 0 aliphatic carbocycles. The molecule has 0 bridgehead atoms. The molecule has 9 heteroatoms. The lowest BCUT2D eigenvalue weighted by atomic mass is 10.0. The highest BCUT2D eigenvalue weighted by molar-refractivity contribution is 7.89. The minimum Gasteiger partial charge on any atom is -0.352 e. The van der Waals surface area contributed by atoms with Crippen molar-refractivity contribution in [3.05, 3.63) is 24.3 Å². The van der Waals surface area contributed by atoms with Crippen LogP contribution in [0.2, 0.25) is 0 Å². The Morgan fingerprint density at radius 2 is 1.70 bits per heavy atom. The van der Waals surface area contributed by atoms with Gasteiger partial charge in [-0.05, 0) is 49.4 Å².